The normalized spacial score (nSPS) is 27.3. The topological polar surface area (TPSA) is 25.2 Å². The molecule has 0 spiro atoms. The molecule has 0 bridgehead atoms. The minimum absolute atomic E-state index is 0.495. The van der Waals surface area contributed by atoms with E-state index in [-0.39, 0.29) is 0 Å². The molecule has 1 saturated carbocycles. The Balaban J connectivity index is 1.99. The van der Waals surface area contributed by atoms with Crippen molar-refractivity contribution in [2.45, 2.75) is 25.3 Å². The average Bonchev–Trinajstić information content (AvgIpc) is 2.86. The van der Waals surface area contributed by atoms with E-state index in [2.05, 4.69) is 27.3 Å². The molecule has 3 rings (SSSR count). The predicted octanol–water partition coefficient (Wildman–Crippen LogP) is 2.64. The number of rotatable bonds is 1. The van der Waals surface area contributed by atoms with Crippen LogP contribution in [-0.4, -0.2) is 6.54 Å². The van der Waals surface area contributed by atoms with Gasteiger partial charge in [0.1, 0.15) is 5.76 Å². The summed E-state index contributed by atoms with van der Waals surface area (Å²) in [5.41, 5.74) is 1.39. The highest BCUT2D eigenvalue weighted by molar-refractivity contribution is 9.10. The zero-order chi connectivity index (χ0) is 8.84. The summed E-state index contributed by atoms with van der Waals surface area (Å²) >= 11 is 3.39. The van der Waals surface area contributed by atoms with Gasteiger partial charge in [0.05, 0.1) is 6.04 Å². The third kappa shape index (κ3) is 1.34. The summed E-state index contributed by atoms with van der Waals surface area (Å²) in [6.45, 7) is 1.10. The van der Waals surface area contributed by atoms with Crippen LogP contribution in [0.1, 0.15) is 30.2 Å². The van der Waals surface area contributed by atoms with E-state index >= 15 is 0 Å². The van der Waals surface area contributed by atoms with Crippen LogP contribution in [0.5, 0.6) is 0 Å². The molecule has 2 aliphatic rings. The second-order valence-electron chi connectivity index (χ2n) is 3.96. The number of halogens is 1. The van der Waals surface area contributed by atoms with E-state index in [9.17, 15) is 0 Å². The lowest BCUT2D eigenvalue weighted by atomic mass is 10.00. The van der Waals surface area contributed by atoms with Crippen LogP contribution in [0.4, 0.5) is 0 Å². The largest absolute Gasteiger partial charge is 0.452 e. The van der Waals surface area contributed by atoms with Crippen LogP contribution in [-0.2, 0) is 6.42 Å². The summed E-state index contributed by atoms with van der Waals surface area (Å²) in [6, 6.07) is 2.61. The molecular formula is C10H12BrNO. The SMILES string of the molecule is Brc1cc2c(o1)C(C1CC1)NCC2. The van der Waals surface area contributed by atoms with Gasteiger partial charge in [0.2, 0.25) is 0 Å². The van der Waals surface area contributed by atoms with Crippen molar-refractivity contribution in [3.8, 4) is 0 Å². The smallest absolute Gasteiger partial charge is 0.169 e. The van der Waals surface area contributed by atoms with E-state index in [1.54, 1.807) is 0 Å². The molecule has 3 heteroatoms. The minimum Gasteiger partial charge on any atom is -0.452 e. The third-order valence-electron chi connectivity index (χ3n) is 2.95. The number of hydrogen-bond acceptors (Lipinski definition) is 2. The van der Waals surface area contributed by atoms with Crippen LogP contribution in [0.15, 0.2) is 15.2 Å². The van der Waals surface area contributed by atoms with E-state index < -0.39 is 0 Å². The Labute approximate surface area is 85.8 Å². The Morgan fingerprint density at radius 3 is 3.08 bits per heavy atom. The lowest BCUT2D eigenvalue weighted by Gasteiger charge is -2.22. The molecule has 0 saturated heterocycles. The molecule has 0 amide bonds. The molecule has 13 heavy (non-hydrogen) atoms. The van der Waals surface area contributed by atoms with Gasteiger partial charge in [0.25, 0.3) is 0 Å². The number of furan rings is 1. The van der Waals surface area contributed by atoms with E-state index in [0.29, 0.717) is 6.04 Å². The molecule has 0 radical (unpaired) electrons. The second kappa shape index (κ2) is 2.85. The molecule has 70 valence electrons. The first-order valence-corrected chi connectivity index (χ1v) is 5.65. The predicted molar refractivity (Wildman–Crippen MR) is 53.6 cm³/mol. The molecule has 1 aromatic heterocycles. The lowest BCUT2D eigenvalue weighted by molar-refractivity contribution is 0.356. The fourth-order valence-electron chi connectivity index (χ4n) is 2.13. The quantitative estimate of drug-likeness (QED) is 0.818. The Kier molecular flexibility index (Phi) is 1.77. The van der Waals surface area contributed by atoms with Crippen molar-refractivity contribution in [1.29, 1.82) is 0 Å². The molecule has 1 N–H and O–H groups in total. The van der Waals surface area contributed by atoms with Crippen molar-refractivity contribution in [3.05, 3.63) is 22.1 Å². The molecule has 1 fully saturated rings. The van der Waals surface area contributed by atoms with Crippen molar-refractivity contribution in [1.82, 2.24) is 5.32 Å². The summed E-state index contributed by atoms with van der Waals surface area (Å²) in [6.07, 6.45) is 3.82. The highest BCUT2D eigenvalue weighted by atomic mass is 79.9. The zero-order valence-corrected chi connectivity index (χ0v) is 8.93. The number of fused-ring (bicyclic) bond motifs is 1. The first kappa shape index (κ1) is 8.06. The van der Waals surface area contributed by atoms with Crippen LogP contribution < -0.4 is 5.32 Å². The molecule has 0 aromatic carbocycles. The first-order valence-electron chi connectivity index (χ1n) is 4.86. The van der Waals surface area contributed by atoms with Crippen LogP contribution in [0.3, 0.4) is 0 Å². The lowest BCUT2D eigenvalue weighted by Crippen LogP contribution is -2.30. The monoisotopic (exact) mass is 241 g/mol. The van der Waals surface area contributed by atoms with Gasteiger partial charge in [0.15, 0.2) is 4.67 Å². The van der Waals surface area contributed by atoms with Gasteiger partial charge in [-0.05, 0) is 59.3 Å². The first-order chi connectivity index (χ1) is 6.34. The van der Waals surface area contributed by atoms with Crippen molar-refractivity contribution in [2.24, 2.45) is 5.92 Å². The molecule has 2 heterocycles. The maximum atomic E-state index is 5.67. The van der Waals surface area contributed by atoms with Crippen LogP contribution in [0.25, 0.3) is 0 Å². The van der Waals surface area contributed by atoms with Gasteiger partial charge < -0.3 is 9.73 Å². The van der Waals surface area contributed by atoms with E-state index in [0.717, 1.165) is 23.6 Å². The Morgan fingerprint density at radius 2 is 2.31 bits per heavy atom. The fourth-order valence-corrected chi connectivity index (χ4v) is 2.58. The van der Waals surface area contributed by atoms with E-state index in [4.69, 9.17) is 4.42 Å². The molecule has 1 aliphatic heterocycles. The summed E-state index contributed by atoms with van der Waals surface area (Å²) in [4.78, 5) is 0. The Bertz CT molecular complexity index is 330. The van der Waals surface area contributed by atoms with Gasteiger partial charge in [-0.2, -0.15) is 0 Å². The standard InChI is InChI=1S/C10H12BrNO/c11-8-5-7-3-4-12-9(6-1-2-6)10(7)13-8/h5-6,9,12H,1-4H2. The maximum Gasteiger partial charge on any atom is 0.169 e. The van der Waals surface area contributed by atoms with Gasteiger partial charge in [-0.3, -0.25) is 0 Å². The highest BCUT2D eigenvalue weighted by Crippen LogP contribution is 2.44. The highest BCUT2D eigenvalue weighted by Gasteiger charge is 2.37. The number of hydrogen-bond donors (Lipinski definition) is 1. The van der Waals surface area contributed by atoms with Gasteiger partial charge in [-0.15, -0.1) is 0 Å². The van der Waals surface area contributed by atoms with Gasteiger partial charge in [0, 0.05) is 0 Å². The molecule has 1 aromatic rings. The molecule has 1 atom stereocenters. The van der Waals surface area contributed by atoms with Gasteiger partial charge in [-0.1, -0.05) is 0 Å². The maximum absolute atomic E-state index is 5.67. The Hall–Kier alpha value is -0.280. The van der Waals surface area contributed by atoms with Crippen LogP contribution >= 0.6 is 15.9 Å². The number of nitrogens with one attached hydrogen (secondary N) is 1. The van der Waals surface area contributed by atoms with Crippen LogP contribution in [0, 0.1) is 5.92 Å². The van der Waals surface area contributed by atoms with Crippen molar-refractivity contribution in [3.63, 3.8) is 0 Å². The average molecular weight is 242 g/mol. The second-order valence-corrected chi connectivity index (χ2v) is 4.74. The van der Waals surface area contributed by atoms with Crippen LogP contribution in [0.2, 0.25) is 0 Å². The summed E-state index contributed by atoms with van der Waals surface area (Å²) in [5.74, 6) is 2.01. The van der Waals surface area contributed by atoms with Crippen molar-refractivity contribution < 1.29 is 4.42 Å². The summed E-state index contributed by atoms with van der Waals surface area (Å²) < 4.78 is 6.56. The summed E-state index contributed by atoms with van der Waals surface area (Å²) in [5, 5.41) is 3.54. The third-order valence-corrected chi connectivity index (χ3v) is 3.34. The Morgan fingerprint density at radius 1 is 1.46 bits per heavy atom. The molecule has 1 unspecified atom stereocenters. The van der Waals surface area contributed by atoms with E-state index in [1.165, 1.54) is 24.2 Å². The molecule has 2 nitrogen and oxygen atoms in total. The zero-order valence-electron chi connectivity index (χ0n) is 7.35. The van der Waals surface area contributed by atoms with Crippen molar-refractivity contribution in [2.75, 3.05) is 6.54 Å². The molecule has 1 aliphatic carbocycles. The van der Waals surface area contributed by atoms with Gasteiger partial charge >= 0.3 is 0 Å². The molecular weight excluding hydrogens is 230 g/mol. The van der Waals surface area contributed by atoms with E-state index in [1.807, 2.05) is 0 Å². The fraction of sp³-hybridized carbons (Fsp3) is 0.600. The van der Waals surface area contributed by atoms with Crippen molar-refractivity contribution >= 4 is 15.9 Å². The summed E-state index contributed by atoms with van der Waals surface area (Å²) in [7, 11) is 0. The van der Waals surface area contributed by atoms with Gasteiger partial charge in [-0.25, -0.2) is 0 Å². The minimum atomic E-state index is 0.495.